The van der Waals surface area contributed by atoms with E-state index in [1.54, 1.807) is 4.88 Å². The molecule has 1 aromatic heterocycles. The number of guanidine groups is 1. The third-order valence-electron chi connectivity index (χ3n) is 4.13. The molecule has 0 atom stereocenters. The number of hydrogen-bond acceptors (Lipinski definition) is 3. The lowest BCUT2D eigenvalue weighted by Gasteiger charge is -2.27. The molecule has 2 aromatic rings. The van der Waals surface area contributed by atoms with Crippen molar-refractivity contribution < 1.29 is 0 Å². The summed E-state index contributed by atoms with van der Waals surface area (Å²) in [7, 11) is 1.82. The SMILES string of the molecule is CN=C(NCCN1CCc2sccc2C1)NCc1ccccc1.I. The minimum Gasteiger partial charge on any atom is -0.355 e. The van der Waals surface area contributed by atoms with E-state index in [1.807, 2.05) is 24.5 Å². The van der Waals surface area contributed by atoms with Crippen LogP contribution >= 0.6 is 35.3 Å². The van der Waals surface area contributed by atoms with Crippen molar-refractivity contribution >= 4 is 41.3 Å². The van der Waals surface area contributed by atoms with Crippen LogP contribution in [0.3, 0.4) is 0 Å². The van der Waals surface area contributed by atoms with Gasteiger partial charge in [0.25, 0.3) is 0 Å². The molecule has 1 aliphatic heterocycles. The second-order valence-corrected chi connectivity index (χ2v) is 6.73. The largest absolute Gasteiger partial charge is 0.355 e. The van der Waals surface area contributed by atoms with Crippen LogP contribution < -0.4 is 10.6 Å². The van der Waals surface area contributed by atoms with Crippen molar-refractivity contribution in [2.45, 2.75) is 19.5 Å². The van der Waals surface area contributed by atoms with Crippen LogP contribution in [-0.4, -0.2) is 37.5 Å². The Morgan fingerprint density at radius 1 is 1.21 bits per heavy atom. The van der Waals surface area contributed by atoms with Gasteiger partial charge in [-0.05, 0) is 29.0 Å². The van der Waals surface area contributed by atoms with Crippen LogP contribution in [0.2, 0.25) is 0 Å². The Hall–Kier alpha value is -1.12. The van der Waals surface area contributed by atoms with Crippen LogP contribution in [0.15, 0.2) is 46.8 Å². The summed E-state index contributed by atoms with van der Waals surface area (Å²) in [6, 6.07) is 12.7. The zero-order valence-corrected chi connectivity index (χ0v) is 17.1. The molecule has 4 nitrogen and oxygen atoms in total. The molecule has 24 heavy (non-hydrogen) atoms. The fourth-order valence-electron chi connectivity index (χ4n) is 2.83. The topological polar surface area (TPSA) is 39.7 Å². The molecule has 1 aromatic carbocycles. The number of aliphatic imine (C=N–C) groups is 1. The first-order valence-corrected chi connectivity index (χ1v) is 8.99. The van der Waals surface area contributed by atoms with Gasteiger partial charge in [0.15, 0.2) is 5.96 Å². The quantitative estimate of drug-likeness (QED) is 0.413. The molecule has 2 heterocycles. The minimum atomic E-state index is 0. The van der Waals surface area contributed by atoms with Gasteiger partial charge in [0.1, 0.15) is 0 Å². The summed E-state index contributed by atoms with van der Waals surface area (Å²) in [4.78, 5) is 8.36. The zero-order valence-electron chi connectivity index (χ0n) is 14.0. The molecule has 0 saturated carbocycles. The smallest absolute Gasteiger partial charge is 0.191 e. The standard InChI is InChI=1S/C18H24N4S.HI/c1-19-18(21-13-15-5-3-2-4-6-15)20-9-11-22-10-7-17-16(14-22)8-12-23-17;/h2-6,8,12H,7,9-11,13-14H2,1H3,(H2,19,20,21);1H. The highest BCUT2D eigenvalue weighted by atomic mass is 127. The number of hydrogen-bond donors (Lipinski definition) is 2. The number of thiophene rings is 1. The average Bonchev–Trinajstić information content (AvgIpc) is 3.06. The molecule has 0 spiro atoms. The van der Waals surface area contributed by atoms with Gasteiger partial charge in [-0.3, -0.25) is 9.89 Å². The van der Waals surface area contributed by atoms with Gasteiger partial charge in [-0.1, -0.05) is 30.3 Å². The summed E-state index contributed by atoms with van der Waals surface area (Å²) in [6.45, 7) is 4.99. The lowest BCUT2D eigenvalue weighted by atomic mass is 10.1. The molecular weight excluding hydrogens is 431 g/mol. The van der Waals surface area contributed by atoms with E-state index < -0.39 is 0 Å². The Kier molecular flexibility index (Phi) is 8.01. The van der Waals surface area contributed by atoms with Gasteiger partial charge in [-0.2, -0.15) is 0 Å². The maximum Gasteiger partial charge on any atom is 0.191 e. The first-order valence-electron chi connectivity index (χ1n) is 8.11. The van der Waals surface area contributed by atoms with Gasteiger partial charge >= 0.3 is 0 Å². The number of fused-ring (bicyclic) bond motifs is 1. The summed E-state index contributed by atoms with van der Waals surface area (Å²) in [5.74, 6) is 0.863. The Balaban J connectivity index is 0.00000208. The summed E-state index contributed by atoms with van der Waals surface area (Å²) in [5, 5.41) is 8.97. The van der Waals surface area contributed by atoms with Crippen molar-refractivity contribution in [1.82, 2.24) is 15.5 Å². The van der Waals surface area contributed by atoms with E-state index in [0.29, 0.717) is 0 Å². The molecule has 0 aliphatic carbocycles. The summed E-state index contributed by atoms with van der Waals surface area (Å²) >= 11 is 1.89. The van der Waals surface area contributed by atoms with Gasteiger partial charge in [-0.15, -0.1) is 35.3 Å². The molecule has 6 heteroatoms. The Morgan fingerprint density at radius 2 is 2.04 bits per heavy atom. The van der Waals surface area contributed by atoms with E-state index in [2.05, 4.69) is 56.2 Å². The predicted octanol–water partition coefficient (Wildman–Crippen LogP) is 3.09. The Bertz CT molecular complexity index is 641. The van der Waals surface area contributed by atoms with Gasteiger partial charge in [0.05, 0.1) is 0 Å². The molecule has 0 amide bonds. The average molecular weight is 456 g/mol. The molecule has 0 unspecified atom stereocenters. The van der Waals surface area contributed by atoms with Crippen molar-refractivity contribution in [2.75, 3.05) is 26.7 Å². The maximum absolute atomic E-state index is 4.29. The highest BCUT2D eigenvalue weighted by Crippen LogP contribution is 2.23. The van der Waals surface area contributed by atoms with Crippen molar-refractivity contribution in [3.63, 3.8) is 0 Å². The van der Waals surface area contributed by atoms with Crippen LogP contribution in [0, 0.1) is 0 Å². The van der Waals surface area contributed by atoms with E-state index in [9.17, 15) is 0 Å². The maximum atomic E-state index is 4.29. The van der Waals surface area contributed by atoms with E-state index in [0.717, 1.165) is 38.7 Å². The van der Waals surface area contributed by atoms with E-state index in [1.165, 1.54) is 17.5 Å². The molecule has 2 N–H and O–H groups in total. The first kappa shape index (κ1) is 19.2. The number of halogens is 1. The number of nitrogens with zero attached hydrogens (tertiary/aromatic N) is 2. The van der Waals surface area contributed by atoms with Crippen molar-refractivity contribution in [1.29, 1.82) is 0 Å². The number of benzene rings is 1. The summed E-state index contributed by atoms with van der Waals surface area (Å²) in [5.41, 5.74) is 2.77. The molecule has 0 fully saturated rings. The fraction of sp³-hybridized carbons (Fsp3) is 0.389. The normalized spacial score (nSPS) is 14.6. The molecule has 0 radical (unpaired) electrons. The van der Waals surface area contributed by atoms with Crippen molar-refractivity contribution in [2.24, 2.45) is 4.99 Å². The third kappa shape index (κ3) is 5.46. The highest BCUT2D eigenvalue weighted by Gasteiger charge is 2.16. The van der Waals surface area contributed by atoms with Crippen LogP contribution in [0.25, 0.3) is 0 Å². The number of rotatable bonds is 5. The van der Waals surface area contributed by atoms with Crippen molar-refractivity contribution in [3.8, 4) is 0 Å². The summed E-state index contributed by atoms with van der Waals surface area (Å²) < 4.78 is 0. The Labute approximate surface area is 165 Å². The van der Waals surface area contributed by atoms with Crippen molar-refractivity contribution in [3.05, 3.63) is 57.8 Å². The second-order valence-electron chi connectivity index (χ2n) is 5.73. The lowest BCUT2D eigenvalue weighted by molar-refractivity contribution is 0.260. The molecule has 130 valence electrons. The van der Waals surface area contributed by atoms with Gasteiger partial charge in [-0.25, -0.2) is 0 Å². The monoisotopic (exact) mass is 456 g/mol. The first-order chi connectivity index (χ1) is 11.3. The molecule has 0 bridgehead atoms. The second kappa shape index (κ2) is 10.0. The minimum absolute atomic E-state index is 0. The Morgan fingerprint density at radius 3 is 2.83 bits per heavy atom. The van der Waals surface area contributed by atoms with Gasteiger partial charge in [0.2, 0.25) is 0 Å². The van der Waals surface area contributed by atoms with E-state index in [-0.39, 0.29) is 24.0 Å². The predicted molar refractivity (Wildman–Crippen MR) is 113 cm³/mol. The summed E-state index contributed by atoms with van der Waals surface area (Å²) in [6.07, 6.45) is 1.19. The molecule has 3 rings (SSSR count). The molecule has 1 aliphatic rings. The fourth-order valence-corrected chi connectivity index (χ4v) is 3.72. The highest BCUT2D eigenvalue weighted by molar-refractivity contribution is 14.0. The van der Waals surface area contributed by atoms with Crippen LogP contribution in [-0.2, 0) is 19.5 Å². The van der Waals surface area contributed by atoms with Gasteiger partial charge < -0.3 is 10.6 Å². The van der Waals surface area contributed by atoms with E-state index in [4.69, 9.17) is 0 Å². The van der Waals surface area contributed by atoms with Crippen LogP contribution in [0.4, 0.5) is 0 Å². The zero-order chi connectivity index (χ0) is 15.9. The van der Waals surface area contributed by atoms with Crippen LogP contribution in [0.5, 0.6) is 0 Å². The van der Waals surface area contributed by atoms with Gasteiger partial charge in [0, 0.05) is 44.6 Å². The molecular formula is C18H25IN4S. The lowest BCUT2D eigenvalue weighted by Crippen LogP contribution is -2.42. The third-order valence-corrected chi connectivity index (χ3v) is 5.16. The molecule has 0 saturated heterocycles. The number of nitrogens with one attached hydrogen (secondary N) is 2. The van der Waals surface area contributed by atoms with Crippen LogP contribution in [0.1, 0.15) is 16.0 Å². The van der Waals surface area contributed by atoms with E-state index >= 15 is 0 Å².